The van der Waals surface area contributed by atoms with Crippen molar-refractivity contribution in [3.63, 3.8) is 0 Å². The number of rotatable bonds is 7. The van der Waals surface area contributed by atoms with Crippen LogP contribution in [-0.4, -0.2) is 25.5 Å². The lowest BCUT2D eigenvalue weighted by molar-refractivity contribution is -0.121. The number of anilines is 1. The van der Waals surface area contributed by atoms with Gasteiger partial charge in [-0.05, 0) is 35.9 Å². The number of methoxy groups -OCH3 is 1. The Kier molecular flexibility index (Phi) is 6.77. The van der Waals surface area contributed by atoms with Gasteiger partial charge in [0.05, 0.1) is 23.4 Å². The SMILES string of the molecule is COC(=O)c1ccc(Cl)c(NCCC(=O)NCc2ccc(F)cc2)c1. The fourth-order valence-electron chi connectivity index (χ4n) is 2.11. The van der Waals surface area contributed by atoms with Gasteiger partial charge in [0.15, 0.2) is 0 Å². The highest BCUT2D eigenvalue weighted by Gasteiger charge is 2.09. The fourth-order valence-corrected chi connectivity index (χ4v) is 2.29. The summed E-state index contributed by atoms with van der Waals surface area (Å²) in [7, 11) is 1.30. The number of carbonyl (C=O) groups is 2. The van der Waals surface area contributed by atoms with E-state index in [-0.39, 0.29) is 18.1 Å². The maximum atomic E-state index is 12.8. The zero-order valence-corrected chi connectivity index (χ0v) is 14.4. The van der Waals surface area contributed by atoms with Gasteiger partial charge in [-0.1, -0.05) is 23.7 Å². The molecule has 132 valence electrons. The second-order valence-corrected chi connectivity index (χ2v) is 5.67. The highest BCUT2D eigenvalue weighted by molar-refractivity contribution is 6.33. The molecule has 0 radical (unpaired) electrons. The van der Waals surface area contributed by atoms with Crippen molar-refractivity contribution >= 4 is 29.2 Å². The first-order valence-corrected chi connectivity index (χ1v) is 8.00. The first kappa shape index (κ1) is 18.7. The van der Waals surface area contributed by atoms with Crippen molar-refractivity contribution < 1.29 is 18.7 Å². The number of carbonyl (C=O) groups excluding carboxylic acids is 2. The van der Waals surface area contributed by atoms with Crippen LogP contribution < -0.4 is 10.6 Å². The van der Waals surface area contributed by atoms with Crippen molar-refractivity contribution in [3.05, 3.63) is 64.4 Å². The van der Waals surface area contributed by atoms with E-state index in [4.69, 9.17) is 11.6 Å². The fraction of sp³-hybridized carbons (Fsp3) is 0.222. The number of hydrogen-bond acceptors (Lipinski definition) is 4. The van der Waals surface area contributed by atoms with Crippen LogP contribution in [0.1, 0.15) is 22.3 Å². The van der Waals surface area contributed by atoms with Gasteiger partial charge in [-0.2, -0.15) is 0 Å². The molecule has 0 heterocycles. The van der Waals surface area contributed by atoms with Gasteiger partial charge in [0.25, 0.3) is 0 Å². The molecule has 0 aliphatic heterocycles. The molecule has 0 fully saturated rings. The predicted molar refractivity (Wildman–Crippen MR) is 94.1 cm³/mol. The third-order valence-corrected chi connectivity index (χ3v) is 3.79. The molecule has 0 saturated carbocycles. The first-order valence-electron chi connectivity index (χ1n) is 7.62. The minimum Gasteiger partial charge on any atom is -0.465 e. The molecule has 0 spiro atoms. The summed E-state index contributed by atoms with van der Waals surface area (Å²) in [6, 6.07) is 10.7. The number of ether oxygens (including phenoxy) is 1. The Labute approximate surface area is 150 Å². The maximum absolute atomic E-state index is 12.8. The van der Waals surface area contributed by atoms with E-state index >= 15 is 0 Å². The van der Waals surface area contributed by atoms with E-state index in [9.17, 15) is 14.0 Å². The topological polar surface area (TPSA) is 67.4 Å². The Morgan fingerprint density at radius 3 is 2.56 bits per heavy atom. The van der Waals surface area contributed by atoms with Crippen LogP contribution in [0.25, 0.3) is 0 Å². The largest absolute Gasteiger partial charge is 0.465 e. The van der Waals surface area contributed by atoms with Crippen LogP contribution in [0.5, 0.6) is 0 Å². The predicted octanol–water partition coefficient (Wildman–Crippen LogP) is 3.38. The van der Waals surface area contributed by atoms with E-state index in [1.807, 2.05) is 0 Å². The quantitative estimate of drug-likeness (QED) is 0.739. The summed E-state index contributed by atoms with van der Waals surface area (Å²) in [5.41, 5.74) is 1.74. The Morgan fingerprint density at radius 1 is 1.16 bits per heavy atom. The molecule has 2 N–H and O–H groups in total. The number of halogens is 2. The van der Waals surface area contributed by atoms with Gasteiger partial charge in [0, 0.05) is 19.5 Å². The highest BCUT2D eigenvalue weighted by atomic mass is 35.5. The van der Waals surface area contributed by atoms with Crippen LogP contribution in [0.2, 0.25) is 5.02 Å². The maximum Gasteiger partial charge on any atom is 0.337 e. The summed E-state index contributed by atoms with van der Waals surface area (Å²) in [5.74, 6) is -0.931. The first-order chi connectivity index (χ1) is 12.0. The van der Waals surface area contributed by atoms with E-state index in [0.717, 1.165) is 5.56 Å². The van der Waals surface area contributed by atoms with Crippen LogP contribution in [-0.2, 0) is 16.1 Å². The zero-order chi connectivity index (χ0) is 18.2. The van der Waals surface area contributed by atoms with Gasteiger partial charge in [-0.3, -0.25) is 4.79 Å². The smallest absolute Gasteiger partial charge is 0.337 e. The summed E-state index contributed by atoms with van der Waals surface area (Å²) in [6.45, 7) is 0.678. The number of esters is 1. The molecule has 7 heteroatoms. The lowest BCUT2D eigenvalue weighted by atomic mass is 10.2. The molecule has 2 rings (SSSR count). The van der Waals surface area contributed by atoms with Crippen LogP contribution >= 0.6 is 11.6 Å². The Hall–Kier alpha value is -2.60. The van der Waals surface area contributed by atoms with Crippen molar-refractivity contribution in [1.82, 2.24) is 5.32 Å². The third kappa shape index (κ3) is 5.76. The lowest BCUT2D eigenvalue weighted by Crippen LogP contribution is -2.24. The molecule has 0 bridgehead atoms. The van der Waals surface area contributed by atoms with Crippen LogP contribution in [0.4, 0.5) is 10.1 Å². The molecule has 0 saturated heterocycles. The Bertz CT molecular complexity index is 750. The van der Waals surface area contributed by atoms with Crippen molar-refractivity contribution in [2.45, 2.75) is 13.0 Å². The van der Waals surface area contributed by atoms with Crippen LogP contribution in [0, 0.1) is 5.82 Å². The zero-order valence-electron chi connectivity index (χ0n) is 13.6. The second kappa shape index (κ2) is 9.03. The number of amides is 1. The number of hydrogen-bond donors (Lipinski definition) is 2. The molecule has 0 aliphatic rings. The van der Waals surface area contributed by atoms with Gasteiger partial charge in [0.2, 0.25) is 5.91 Å². The minimum absolute atomic E-state index is 0.155. The third-order valence-electron chi connectivity index (χ3n) is 3.46. The van der Waals surface area contributed by atoms with Crippen molar-refractivity contribution in [2.24, 2.45) is 0 Å². The standard InChI is InChI=1S/C18H18ClFN2O3/c1-25-18(24)13-4-7-15(19)16(10-13)21-9-8-17(23)22-11-12-2-5-14(20)6-3-12/h2-7,10,21H,8-9,11H2,1H3,(H,22,23). The average Bonchev–Trinajstić information content (AvgIpc) is 2.62. The highest BCUT2D eigenvalue weighted by Crippen LogP contribution is 2.23. The second-order valence-electron chi connectivity index (χ2n) is 5.27. The lowest BCUT2D eigenvalue weighted by Gasteiger charge is -2.10. The molecule has 0 unspecified atom stereocenters. The summed E-state index contributed by atoms with van der Waals surface area (Å²) < 4.78 is 17.5. The van der Waals surface area contributed by atoms with Gasteiger partial charge in [0.1, 0.15) is 5.82 Å². The minimum atomic E-state index is -0.461. The molecule has 2 aromatic carbocycles. The van der Waals surface area contributed by atoms with Crippen LogP contribution in [0.15, 0.2) is 42.5 Å². The molecule has 0 atom stereocenters. The van der Waals surface area contributed by atoms with E-state index in [0.29, 0.717) is 29.4 Å². The molecule has 0 aliphatic carbocycles. The summed E-state index contributed by atoms with van der Waals surface area (Å²) in [4.78, 5) is 23.4. The van der Waals surface area contributed by atoms with Gasteiger partial charge in [-0.15, -0.1) is 0 Å². The summed E-state index contributed by atoms with van der Waals surface area (Å²) in [5, 5.41) is 6.21. The van der Waals surface area contributed by atoms with E-state index in [2.05, 4.69) is 15.4 Å². The van der Waals surface area contributed by atoms with Crippen molar-refractivity contribution in [1.29, 1.82) is 0 Å². The normalized spacial score (nSPS) is 10.2. The Balaban J connectivity index is 1.80. The molecular weight excluding hydrogens is 347 g/mol. The molecular formula is C18H18ClFN2O3. The van der Waals surface area contributed by atoms with Gasteiger partial charge in [-0.25, -0.2) is 9.18 Å². The summed E-state index contributed by atoms with van der Waals surface area (Å²) >= 11 is 6.07. The number of benzene rings is 2. The molecule has 0 aromatic heterocycles. The monoisotopic (exact) mass is 364 g/mol. The Morgan fingerprint density at radius 2 is 1.88 bits per heavy atom. The molecule has 2 aromatic rings. The van der Waals surface area contributed by atoms with Gasteiger partial charge >= 0.3 is 5.97 Å². The van der Waals surface area contributed by atoms with Crippen molar-refractivity contribution in [3.8, 4) is 0 Å². The van der Waals surface area contributed by atoms with E-state index in [1.165, 1.54) is 19.2 Å². The molecule has 25 heavy (non-hydrogen) atoms. The molecule has 5 nitrogen and oxygen atoms in total. The number of nitrogens with one attached hydrogen (secondary N) is 2. The van der Waals surface area contributed by atoms with E-state index < -0.39 is 5.97 Å². The van der Waals surface area contributed by atoms with E-state index in [1.54, 1.807) is 30.3 Å². The average molecular weight is 365 g/mol. The summed E-state index contributed by atoms with van der Waals surface area (Å²) in [6.07, 6.45) is 0.222. The van der Waals surface area contributed by atoms with Crippen LogP contribution in [0.3, 0.4) is 0 Å². The van der Waals surface area contributed by atoms with Crippen molar-refractivity contribution in [2.75, 3.05) is 19.0 Å². The molecule has 1 amide bonds. The van der Waals surface area contributed by atoms with Gasteiger partial charge < -0.3 is 15.4 Å².